The second kappa shape index (κ2) is 8.04. The van der Waals surface area contributed by atoms with E-state index in [1.165, 1.54) is 0 Å². The number of anilines is 1. The highest BCUT2D eigenvalue weighted by molar-refractivity contribution is 5.94. The minimum Gasteiger partial charge on any atom is -0.508 e. The Labute approximate surface area is 170 Å². The summed E-state index contributed by atoms with van der Waals surface area (Å²) in [5.41, 5.74) is -0.108. The lowest BCUT2D eigenvalue weighted by molar-refractivity contribution is -0.386. The molecule has 0 saturated heterocycles. The van der Waals surface area contributed by atoms with E-state index in [0.717, 1.165) is 0 Å². The molecule has 2 aromatic carbocycles. The van der Waals surface area contributed by atoms with Crippen LogP contribution in [0.3, 0.4) is 0 Å². The second-order valence-corrected chi connectivity index (χ2v) is 6.65. The number of hydrogen-bond donors (Lipinski definition) is 1. The highest BCUT2D eigenvalue weighted by Crippen LogP contribution is 2.36. The van der Waals surface area contributed by atoms with Gasteiger partial charge >= 0.3 is 11.3 Å². The maximum absolute atomic E-state index is 12.5. The monoisotopic (exact) mass is 403 g/mol. The van der Waals surface area contributed by atoms with Crippen LogP contribution in [0.15, 0.2) is 82.1 Å². The molecule has 4 aromatic rings. The lowest BCUT2D eigenvalue weighted by atomic mass is 10.1. The fraction of sp³-hybridized carbons (Fsp3) is 0.0909. The molecule has 0 amide bonds. The van der Waals surface area contributed by atoms with E-state index in [-0.39, 0.29) is 30.1 Å². The SMILES string of the molecule is O=c1oc2ccccc2c(N(Cc2ccccn2)Cc2ccccc2O)c1[N+](=O)[O-]. The number of aromatic hydroxyl groups is 1. The van der Waals surface area contributed by atoms with Crippen molar-refractivity contribution < 1.29 is 14.4 Å². The number of fused-ring (bicyclic) bond motifs is 1. The third-order valence-electron chi connectivity index (χ3n) is 4.69. The van der Waals surface area contributed by atoms with Crippen LogP contribution < -0.4 is 10.5 Å². The fourth-order valence-electron chi connectivity index (χ4n) is 3.36. The van der Waals surface area contributed by atoms with Crippen molar-refractivity contribution >= 4 is 22.3 Å². The third-order valence-corrected chi connectivity index (χ3v) is 4.69. The van der Waals surface area contributed by atoms with Gasteiger partial charge in [-0.25, -0.2) is 4.79 Å². The summed E-state index contributed by atoms with van der Waals surface area (Å²) in [5, 5.41) is 22.5. The standard InChI is InChI=1S/C22H17N3O5/c26-18-10-3-1-7-15(18)13-24(14-16-8-5-6-12-23-16)20-17-9-2-4-11-19(17)30-22(27)21(20)25(28)29/h1-12,26H,13-14H2. The number of benzene rings is 2. The van der Waals surface area contributed by atoms with Crippen LogP contribution in [0, 0.1) is 10.1 Å². The van der Waals surface area contributed by atoms with E-state index < -0.39 is 16.2 Å². The molecule has 4 rings (SSSR count). The first-order valence-electron chi connectivity index (χ1n) is 9.16. The van der Waals surface area contributed by atoms with Gasteiger partial charge in [-0.05, 0) is 30.3 Å². The zero-order valence-electron chi connectivity index (χ0n) is 15.8. The summed E-state index contributed by atoms with van der Waals surface area (Å²) in [6.07, 6.45) is 1.62. The molecule has 0 fully saturated rings. The quantitative estimate of drug-likeness (QED) is 0.294. The molecule has 0 aliphatic heterocycles. The molecule has 8 nitrogen and oxygen atoms in total. The molecular weight excluding hydrogens is 386 g/mol. The lowest BCUT2D eigenvalue weighted by Crippen LogP contribution is -2.26. The Morgan fingerprint density at radius 1 is 1.00 bits per heavy atom. The van der Waals surface area contributed by atoms with E-state index in [1.54, 1.807) is 71.8 Å². The fourth-order valence-corrected chi connectivity index (χ4v) is 3.36. The number of hydrogen-bond acceptors (Lipinski definition) is 7. The van der Waals surface area contributed by atoms with Crippen LogP contribution in [0.4, 0.5) is 11.4 Å². The Balaban J connectivity index is 1.95. The largest absolute Gasteiger partial charge is 0.508 e. The average Bonchev–Trinajstić information content (AvgIpc) is 2.74. The Morgan fingerprint density at radius 2 is 1.73 bits per heavy atom. The zero-order valence-corrected chi connectivity index (χ0v) is 15.8. The maximum Gasteiger partial charge on any atom is 0.417 e. The minimum absolute atomic E-state index is 0.0541. The predicted molar refractivity (Wildman–Crippen MR) is 111 cm³/mol. The van der Waals surface area contributed by atoms with Gasteiger partial charge in [0.2, 0.25) is 0 Å². The normalized spacial score (nSPS) is 10.8. The molecule has 0 spiro atoms. The van der Waals surface area contributed by atoms with Crippen LogP contribution >= 0.6 is 0 Å². The molecule has 30 heavy (non-hydrogen) atoms. The summed E-state index contributed by atoms with van der Waals surface area (Å²) in [4.78, 5) is 29.5. The lowest BCUT2D eigenvalue weighted by Gasteiger charge is -2.25. The molecule has 1 N–H and O–H groups in total. The maximum atomic E-state index is 12.5. The number of phenolic OH excluding ortho intramolecular Hbond substituents is 1. The van der Waals surface area contributed by atoms with Gasteiger partial charge in [-0.1, -0.05) is 36.4 Å². The van der Waals surface area contributed by atoms with Crippen molar-refractivity contribution in [2.24, 2.45) is 0 Å². The van der Waals surface area contributed by atoms with Crippen molar-refractivity contribution in [1.82, 2.24) is 4.98 Å². The zero-order chi connectivity index (χ0) is 21.1. The molecule has 0 unspecified atom stereocenters. The van der Waals surface area contributed by atoms with Crippen LogP contribution in [0.5, 0.6) is 5.75 Å². The van der Waals surface area contributed by atoms with E-state index >= 15 is 0 Å². The van der Waals surface area contributed by atoms with Crippen molar-refractivity contribution in [2.45, 2.75) is 13.1 Å². The highest BCUT2D eigenvalue weighted by atomic mass is 16.6. The summed E-state index contributed by atoms with van der Waals surface area (Å²) in [7, 11) is 0. The van der Waals surface area contributed by atoms with E-state index in [4.69, 9.17) is 4.42 Å². The van der Waals surface area contributed by atoms with Crippen LogP contribution in [0.2, 0.25) is 0 Å². The number of rotatable bonds is 6. The second-order valence-electron chi connectivity index (χ2n) is 6.65. The van der Waals surface area contributed by atoms with E-state index in [2.05, 4.69) is 4.98 Å². The number of aromatic nitrogens is 1. The van der Waals surface area contributed by atoms with Crippen LogP contribution in [-0.4, -0.2) is 15.0 Å². The first kappa shape index (κ1) is 19.1. The summed E-state index contributed by atoms with van der Waals surface area (Å²) >= 11 is 0. The molecule has 150 valence electrons. The van der Waals surface area contributed by atoms with Gasteiger partial charge in [0.1, 0.15) is 17.0 Å². The molecule has 2 aromatic heterocycles. The van der Waals surface area contributed by atoms with Gasteiger partial charge in [0, 0.05) is 23.7 Å². The summed E-state index contributed by atoms with van der Waals surface area (Å²) in [6.45, 7) is 0.307. The average molecular weight is 403 g/mol. The Kier molecular flexibility index (Phi) is 5.13. The van der Waals surface area contributed by atoms with E-state index in [1.807, 2.05) is 6.07 Å². The summed E-state index contributed by atoms with van der Waals surface area (Å²) in [5.74, 6) is 0.0541. The van der Waals surface area contributed by atoms with Gasteiger partial charge in [0.25, 0.3) is 0 Å². The van der Waals surface area contributed by atoms with Crippen molar-refractivity contribution in [2.75, 3.05) is 4.90 Å². The number of para-hydroxylation sites is 2. The smallest absolute Gasteiger partial charge is 0.417 e. The number of nitro groups is 1. The van der Waals surface area contributed by atoms with Crippen molar-refractivity contribution in [3.8, 4) is 5.75 Å². The first-order valence-corrected chi connectivity index (χ1v) is 9.16. The van der Waals surface area contributed by atoms with Gasteiger partial charge in [0.05, 0.1) is 17.2 Å². The van der Waals surface area contributed by atoms with Gasteiger partial charge in [0.15, 0.2) is 0 Å². The highest BCUT2D eigenvalue weighted by Gasteiger charge is 2.29. The molecule has 0 aliphatic rings. The molecule has 0 atom stereocenters. The molecule has 2 heterocycles. The molecule has 0 aliphatic carbocycles. The Bertz CT molecular complexity index is 1270. The predicted octanol–water partition coefficient (Wildman–Crippen LogP) is 4.01. The molecule has 0 radical (unpaired) electrons. The summed E-state index contributed by atoms with van der Waals surface area (Å²) < 4.78 is 5.18. The van der Waals surface area contributed by atoms with Gasteiger partial charge in [-0.2, -0.15) is 0 Å². The molecular formula is C22H17N3O5. The topological polar surface area (TPSA) is 110 Å². The minimum atomic E-state index is -1.03. The van der Waals surface area contributed by atoms with Gasteiger partial charge in [-0.3, -0.25) is 15.1 Å². The number of nitrogens with zero attached hydrogens (tertiary/aromatic N) is 3. The summed E-state index contributed by atoms with van der Waals surface area (Å²) in [6, 6.07) is 18.7. The molecule has 0 bridgehead atoms. The third kappa shape index (κ3) is 3.70. The van der Waals surface area contributed by atoms with Crippen LogP contribution in [0.1, 0.15) is 11.3 Å². The molecule has 0 saturated carbocycles. The van der Waals surface area contributed by atoms with Crippen LogP contribution in [0.25, 0.3) is 11.0 Å². The van der Waals surface area contributed by atoms with E-state index in [0.29, 0.717) is 16.6 Å². The first-order chi connectivity index (χ1) is 14.5. The van der Waals surface area contributed by atoms with Gasteiger partial charge in [-0.15, -0.1) is 0 Å². The van der Waals surface area contributed by atoms with Crippen molar-refractivity contribution in [3.63, 3.8) is 0 Å². The van der Waals surface area contributed by atoms with Crippen molar-refractivity contribution in [1.29, 1.82) is 0 Å². The number of pyridine rings is 1. The van der Waals surface area contributed by atoms with Crippen molar-refractivity contribution in [3.05, 3.63) is 105 Å². The van der Waals surface area contributed by atoms with Crippen LogP contribution in [-0.2, 0) is 13.1 Å². The number of phenols is 1. The molecule has 8 heteroatoms. The Morgan fingerprint density at radius 3 is 2.47 bits per heavy atom. The Hall–Kier alpha value is -4.20. The van der Waals surface area contributed by atoms with Gasteiger partial charge < -0.3 is 14.4 Å². The van der Waals surface area contributed by atoms with E-state index in [9.17, 15) is 20.0 Å².